The van der Waals surface area contributed by atoms with Gasteiger partial charge < -0.3 is 5.11 Å². The van der Waals surface area contributed by atoms with Gasteiger partial charge in [-0.15, -0.1) is 0 Å². The van der Waals surface area contributed by atoms with Crippen molar-refractivity contribution in [3.8, 4) is 0 Å². The Kier molecular flexibility index (Phi) is 6.11. The molecule has 106 valence electrons. The van der Waals surface area contributed by atoms with Gasteiger partial charge in [-0.05, 0) is 25.0 Å². The molecule has 2 rings (SSSR count). The number of hydrogen-bond donors (Lipinski definition) is 1. The first-order valence-corrected chi connectivity index (χ1v) is 7.72. The van der Waals surface area contributed by atoms with Gasteiger partial charge in [0, 0.05) is 13.1 Å². The first-order valence-electron chi connectivity index (χ1n) is 5.90. The van der Waals surface area contributed by atoms with E-state index in [1.165, 1.54) is 16.4 Å². The molecule has 8 heteroatoms. The van der Waals surface area contributed by atoms with Crippen LogP contribution in [-0.2, 0) is 14.8 Å². The molecule has 1 unspecified atom stereocenters. The number of carboxylic acid groups (broad SMARTS) is 1. The molecule has 1 saturated heterocycles. The zero-order chi connectivity index (χ0) is 14.0. The third-order valence-electron chi connectivity index (χ3n) is 3.19. The number of hydrogen-bond acceptors (Lipinski definition) is 3. The predicted octanol–water partition coefficient (Wildman–Crippen LogP) is 1.18. The fourth-order valence-electron chi connectivity index (χ4n) is 2.16. The number of carbonyl (C=O) groups is 1. The molecule has 1 aromatic rings. The van der Waals surface area contributed by atoms with Crippen LogP contribution in [0.1, 0.15) is 12.8 Å². The van der Waals surface area contributed by atoms with Crippen molar-refractivity contribution in [3.05, 3.63) is 29.3 Å². The van der Waals surface area contributed by atoms with E-state index in [0.717, 1.165) is 0 Å². The summed E-state index contributed by atoms with van der Waals surface area (Å²) < 4.78 is 26.1. The standard InChI is InChI=1S/C12H14ClNO4S.Li.H/c13-10-5-1-2-6-11(10)19(17,18)14-7-3-4-9(8-14)12(15)16;;/h1-2,5-6,9H,3-4,7-8H2,(H,15,16);;. The summed E-state index contributed by atoms with van der Waals surface area (Å²) in [6.45, 7) is 0.334. The summed E-state index contributed by atoms with van der Waals surface area (Å²) in [5.41, 5.74) is 0. The van der Waals surface area contributed by atoms with Crippen LogP contribution in [0, 0.1) is 5.92 Å². The summed E-state index contributed by atoms with van der Waals surface area (Å²) >= 11 is 5.90. The quantitative estimate of drug-likeness (QED) is 0.851. The fraction of sp³-hybridized carbons (Fsp3) is 0.417. The van der Waals surface area contributed by atoms with Crippen LogP contribution in [0.5, 0.6) is 0 Å². The first kappa shape index (κ1) is 17.5. The van der Waals surface area contributed by atoms with Gasteiger partial charge >= 0.3 is 24.8 Å². The van der Waals surface area contributed by atoms with Crippen LogP contribution in [0.4, 0.5) is 0 Å². The Morgan fingerprint density at radius 3 is 2.60 bits per heavy atom. The summed E-state index contributed by atoms with van der Waals surface area (Å²) in [5, 5.41) is 9.15. The maximum absolute atomic E-state index is 12.4. The molecule has 0 aromatic heterocycles. The molecule has 1 heterocycles. The molecule has 0 amide bonds. The number of piperidine rings is 1. The number of nitrogens with zero attached hydrogens (tertiary/aromatic N) is 1. The van der Waals surface area contributed by atoms with Crippen LogP contribution in [0.25, 0.3) is 0 Å². The van der Waals surface area contributed by atoms with Gasteiger partial charge in [0.25, 0.3) is 0 Å². The Hall–Kier alpha value is -0.513. The van der Waals surface area contributed by atoms with Crippen molar-refractivity contribution in [2.75, 3.05) is 13.1 Å². The second-order valence-electron chi connectivity index (χ2n) is 4.47. The molecule has 0 bridgehead atoms. The molecule has 20 heavy (non-hydrogen) atoms. The Morgan fingerprint density at radius 2 is 2.00 bits per heavy atom. The predicted molar refractivity (Wildman–Crippen MR) is 77.7 cm³/mol. The number of aliphatic carboxylic acids is 1. The zero-order valence-electron chi connectivity index (χ0n) is 10.1. The van der Waals surface area contributed by atoms with Crippen molar-refractivity contribution in [2.24, 2.45) is 5.92 Å². The second-order valence-corrected chi connectivity index (χ2v) is 6.78. The number of carboxylic acids is 1. The molecular formula is C12H15ClLiNO4S. The van der Waals surface area contributed by atoms with Crippen molar-refractivity contribution >= 4 is 46.5 Å². The van der Waals surface area contributed by atoms with Gasteiger partial charge in [-0.1, -0.05) is 23.7 Å². The van der Waals surface area contributed by atoms with Gasteiger partial charge in [-0.25, -0.2) is 8.42 Å². The van der Waals surface area contributed by atoms with E-state index >= 15 is 0 Å². The topological polar surface area (TPSA) is 74.7 Å². The minimum atomic E-state index is -3.72. The van der Waals surface area contributed by atoms with Crippen molar-refractivity contribution in [1.82, 2.24) is 4.31 Å². The number of halogens is 1. The van der Waals surface area contributed by atoms with Gasteiger partial charge in [-0.3, -0.25) is 4.79 Å². The number of sulfonamides is 1. The molecule has 0 spiro atoms. The van der Waals surface area contributed by atoms with Gasteiger partial charge in [0.15, 0.2) is 0 Å². The van der Waals surface area contributed by atoms with Crippen molar-refractivity contribution in [1.29, 1.82) is 0 Å². The average Bonchev–Trinajstić information content (AvgIpc) is 2.39. The molecule has 5 nitrogen and oxygen atoms in total. The normalized spacial score (nSPS) is 20.1. The molecule has 0 aliphatic carbocycles. The van der Waals surface area contributed by atoms with Crippen LogP contribution in [0.2, 0.25) is 5.02 Å². The van der Waals surface area contributed by atoms with E-state index in [1.807, 2.05) is 0 Å². The second kappa shape index (κ2) is 6.97. The van der Waals surface area contributed by atoms with Crippen molar-refractivity contribution in [2.45, 2.75) is 17.7 Å². The summed E-state index contributed by atoms with van der Waals surface area (Å²) in [4.78, 5) is 11.0. The molecule has 1 aliphatic heterocycles. The SMILES string of the molecule is O=C(O)C1CCCN(S(=O)(=O)c2ccccc2Cl)C1.[LiH]. The number of rotatable bonds is 3. The van der Waals surface area contributed by atoms with E-state index in [-0.39, 0.29) is 35.3 Å². The monoisotopic (exact) mass is 311 g/mol. The average molecular weight is 312 g/mol. The third kappa shape index (κ3) is 3.57. The van der Waals surface area contributed by atoms with Crippen LogP contribution in [-0.4, -0.2) is 55.7 Å². The molecule has 1 fully saturated rings. The van der Waals surface area contributed by atoms with Crippen LogP contribution in [0.3, 0.4) is 0 Å². The molecule has 1 aromatic carbocycles. The molecule has 0 radical (unpaired) electrons. The third-order valence-corrected chi connectivity index (χ3v) is 5.55. The van der Waals surface area contributed by atoms with Gasteiger partial charge in [0.2, 0.25) is 10.0 Å². The molecule has 1 N–H and O–H groups in total. The molecule has 1 atom stereocenters. The summed E-state index contributed by atoms with van der Waals surface area (Å²) in [5.74, 6) is -1.61. The summed E-state index contributed by atoms with van der Waals surface area (Å²) in [6, 6.07) is 6.18. The van der Waals surface area contributed by atoms with Crippen molar-refractivity contribution in [3.63, 3.8) is 0 Å². The summed E-state index contributed by atoms with van der Waals surface area (Å²) in [7, 11) is -3.72. The summed E-state index contributed by atoms with van der Waals surface area (Å²) in [6.07, 6.45) is 1.05. The maximum atomic E-state index is 12.4. The van der Waals surface area contributed by atoms with Crippen LogP contribution >= 0.6 is 11.6 Å². The van der Waals surface area contributed by atoms with E-state index in [1.54, 1.807) is 12.1 Å². The van der Waals surface area contributed by atoms with E-state index in [0.29, 0.717) is 19.4 Å². The Morgan fingerprint density at radius 1 is 1.35 bits per heavy atom. The van der Waals surface area contributed by atoms with E-state index < -0.39 is 21.9 Å². The van der Waals surface area contributed by atoms with Gasteiger partial charge in [-0.2, -0.15) is 4.31 Å². The zero-order valence-corrected chi connectivity index (χ0v) is 11.7. The van der Waals surface area contributed by atoms with E-state index in [2.05, 4.69) is 0 Å². The number of benzene rings is 1. The molecular weight excluding hydrogens is 297 g/mol. The van der Waals surface area contributed by atoms with Gasteiger partial charge in [0.05, 0.1) is 10.9 Å². The Bertz CT molecular complexity index is 593. The van der Waals surface area contributed by atoms with Crippen LogP contribution < -0.4 is 0 Å². The Labute approximate surface area is 135 Å². The fourth-order valence-corrected chi connectivity index (χ4v) is 4.17. The van der Waals surface area contributed by atoms with E-state index in [9.17, 15) is 13.2 Å². The van der Waals surface area contributed by atoms with Crippen molar-refractivity contribution < 1.29 is 18.3 Å². The molecule has 0 saturated carbocycles. The minimum absolute atomic E-state index is 0. The Balaban J connectivity index is 0.00000200. The van der Waals surface area contributed by atoms with Gasteiger partial charge in [0.1, 0.15) is 4.90 Å². The first-order chi connectivity index (χ1) is 8.93. The van der Waals surface area contributed by atoms with E-state index in [4.69, 9.17) is 16.7 Å². The van der Waals surface area contributed by atoms with Crippen LogP contribution in [0.15, 0.2) is 29.2 Å². The molecule has 1 aliphatic rings.